The number of aromatic nitrogens is 2. The van der Waals surface area contributed by atoms with Gasteiger partial charge in [-0.1, -0.05) is 42.4 Å². The summed E-state index contributed by atoms with van der Waals surface area (Å²) in [6.45, 7) is 5.95. The number of hydrogen-bond donors (Lipinski definition) is 2. The smallest absolute Gasteiger partial charge is 0.286 e. The molecule has 2 N–H and O–H groups in total. The number of hydrogen-bond acceptors (Lipinski definition) is 6. The monoisotopic (exact) mass is 443 g/mol. The number of carbonyl (C=O) groups is 3. The number of likely N-dealkylation sites (tertiary alicyclic amines) is 1. The Bertz CT molecular complexity index is 904. The SMILES string of the molecule is CCCCNC(=O)CC1CCN(C(=O)c2nnc(C(=O)Nc3ccc(C)cc3)s2)CC1. The molecule has 0 spiro atoms. The van der Waals surface area contributed by atoms with E-state index in [9.17, 15) is 14.4 Å². The van der Waals surface area contributed by atoms with Gasteiger partial charge in [-0.15, -0.1) is 10.2 Å². The van der Waals surface area contributed by atoms with E-state index in [-0.39, 0.29) is 33.7 Å². The Hall–Kier alpha value is -2.81. The van der Waals surface area contributed by atoms with Crippen molar-refractivity contribution in [1.82, 2.24) is 20.4 Å². The topological polar surface area (TPSA) is 104 Å². The molecule has 3 amide bonds. The van der Waals surface area contributed by atoms with Crippen LogP contribution < -0.4 is 10.6 Å². The van der Waals surface area contributed by atoms with E-state index in [0.717, 1.165) is 49.1 Å². The third kappa shape index (κ3) is 6.58. The average molecular weight is 444 g/mol. The summed E-state index contributed by atoms with van der Waals surface area (Å²) in [7, 11) is 0. The Morgan fingerprint density at radius 3 is 2.45 bits per heavy atom. The molecular formula is C22H29N5O3S. The van der Waals surface area contributed by atoms with Crippen molar-refractivity contribution in [3.8, 4) is 0 Å². The van der Waals surface area contributed by atoms with Crippen molar-refractivity contribution in [1.29, 1.82) is 0 Å². The third-order valence-electron chi connectivity index (χ3n) is 5.34. The third-order valence-corrected chi connectivity index (χ3v) is 6.25. The second kappa shape index (κ2) is 11.0. The van der Waals surface area contributed by atoms with Crippen LogP contribution in [0.4, 0.5) is 5.69 Å². The second-order valence-corrected chi connectivity index (χ2v) is 8.85. The van der Waals surface area contributed by atoms with Crippen molar-refractivity contribution in [2.45, 2.75) is 46.0 Å². The van der Waals surface area contributed by atoms with Crippen molar-refractivity contribution in [2.24, 2.45) is 5.92 Å². The fourth-order valence-corrected chi connectivity index (χ4v) is 4.14. The van der Waals surface area contributed by atoms with Crippen LogP contribution in [0.1, 0.15) is 64.2 Å². The molecule has 9 heteroatoms. The standard InChI is InChI=1S/C22H29N5O3S/c1-3-4-11-23-18(28)14-16-9-12-27(13-10-16)22(30)21-26-25-20(31-21)19(29)24-17-7-5-15(2)6-8-17/h5-8,16H,3-4,9-14H2,1-2H3,(H,23,28)(H,24,29). The number of piperidine rings is 1. The second-order valence-electron chi connectivity index (χ2n) is 7.88. The van der Waals surface area contributed by atoms with Crippen LogP contribution in [0, 0.1) is 12.8 Å². The van der Waals surface area contributed by atoms with Gasteiger partial charge < -0.3 is 15.5 Å². The van der Waals surface area contributed by atoms with E-state index in [0.29, 0.717) is 25.2 Å². The first-order valence-electron chi connectivity index (χ1n) is 10.7. The van der Waals surface area contributed by atoms with E-state index in [4.69, 9.17) is 0 Å². The number of rotatable bonds is 8. The molecule has 1 aromatic carbocycles. The van der Waals surface area contributed by atoms with Gasteiger partial charge in [-0.2, -0.15) is 0 Å². The van der Waals surface area contributed by atoms with Gasteiger partial charge >= 0.3 is 0 Å². The lowest BCUT2D eigenvalue weighted by Gasteiger charge is -2.31. The van der Waals surface area contributed by atoms with Gasteiger partial charge in [-0.05, 0) is 44.2 Å². The summed E-state index contributed by atoms with van der Waals surface area (Å²) in [4.78, 5) is 38.9. The Balaban J connectivity index is 1.48. The summed E-state index contributed by atoms with van der Waals surface area (Å²) in [6, 6.07) is 7.44. The quantitative estimate of drug-likeness (QED) is 0.610. The van der Waals surface area contributed by atoms with Crippen molar-refractivity contribution < 1.29 is 14.4 Å². The van der Waals surface area contributed by atoms with Crippen LogP contribution in [0.15, 0.2) is 24.3 Å². The number of benzene rings is 1. The molecule has 0 unspecified atom stereocenters. The van der Waals surface area contributed by atoms with Crippen LogP contribution >= 0.6 is 11.3 Å². The highest BCUT2D eigenvalue weighted by atomic mass is 32.1. The van der Waals surface area contributed by atoms with E-state index >= 15 is 0 Å². The Kier molecular flexibility index (Phi) is 8.11. The fraction of sp³-hybridized carbons (Fsp3) is 0.500. The molecule has 2 heterocycles. The fourth-order valence-electron chi connectivity index (χ4n) is 3.44. The average Bonchev–Trinajstić information content (AvgIpc) is 3.26. The van der Waals surface area contributed by atoms with Crippen molar-refractivity contribution in [2.75, 3.05) is 25.0 Å². The predicted octanol–water partition coefficient (Wildman–Crippen LogP) is 3.26. The highest BCUT2D eigenvalue weighted by Crippen LogP contribution is 2.23. The number of amides is 3. The number of carbonyl (C=O) groups excluding carboxylic acids is 3. The molecular weight excluding hydrogens is 414 g/mol. The van der Waals surface area contributed by atoms with Crippen LogP contribution in [0.25, 0.3) is 0 Å². The molecule has 1 aliphatic heterocycles. The highest BCUT2D eigenvalue weighted by molar-refractivity contribution is 7.15. The van der Waals surface area contributed by atoms with Gasteiger partial charge in [-0.3, -0.25) is 14.4 Å². The summed E-state index contributed by atoms with van der Waals surface area (Å²) in [5, 5.41) is 13.9. The van der Waals surface area contributed by atoms with Crippen LogP contribution in [0.5, 0.6) is 0 Å². The predicted molar refractivity (Wildman–Crippen MR) is 120 cm³/mol. The zero-order chi connectivity index (χ0) is 22.2. The molecule has 1 fully saturated rings. The van der Waals surface area contributed by atoms with Crippen molar-refractivity contribution in [3.63, 3.8) is 0 Å². The van der Waals surface area contributed by atoms with Gasteiger partial charge in [0, 0.05) is 31.7 Å². The molecule has 3 rings (SSSR count). The molecule has 31 heavy (non-hydrogen) atoms. The molecule has 0 saturated carbocycles. The number of unbranched alkanes of at least 4 members (excludes halogenated alkanes) is 1. The van der Waals surface area contributed by atoms with Crippen LogP contribution in [0.3, 0.4) is 0 Å². The molecule has 1 aliphatic rings. The summed E-state index contributed by atoms with van der Waals surface area (Å²) < 4.78 is 0. The van der Waals surface area contributed by atoms with Gasteiger partial charge in [0.05, 0.1) is 0 Å². The number of nitrogens with zero attached hydrogens (tertiary/aromatic N) is 3. The Morgan fingerprint density at radius 2 is 1.77 bits per heavy atom. The van der Waals surface area contributed by atoms with Crippen LogP contribution in [-0.2, 0) is 4.79 Å². The number of anilines is 1. The van der Waals surface area contributed by atoms with E-state index < -0.39 is 0 Å². The zero-order valence-electron chi connectivity index (χ0n) is 18.0. The first kappa shape index (κ1) is 22.9. The number of aryl methyl sites for hydroxylation is 1. The maximum Gasteiger partial charge on any atom is 0.286 e. The van der Waals surface area contributed by atoms with Gasteiger partial charge in [0.2, 0.25) is 15.9 Å². The Morgan fingerprint density at radius 1 is 1.10 bits per heavy atom. The van der Waals surface area contributed by atoms with Crippen LogP contribution in [0.2, 0.25) is 0 Å². The maximum atomic E-state index is 12.8. The molecule has 0 radical (unpaired) electrons. The lowest BCUT2D eigenvalue weighted by atomic mass is 9.93. The van der Waals surface area contributed by atoms with Gasteiger partial charge in [0.15, 0.2) is 0 Å². The van der Waals surface area contributed by atoms with Crippen molar-refractivity contribution >= 4 is 34.7 Å². The molecule has 2 aromatic rings. The van der Waals surface area contributed by atoms with E-state index in [1.54, 1.807) is 4.90 Å². The molecule has 1 saturated heterocycles. The maximum absolute atomic E-state index is 12.8. The van der Waals surface area contributed by atoms with Gasteiger partial charge in [0.25, 0.3) is 11.8 Å². The summed E-state index contributed by atoms with van der Waals surface area (Å²) in [5.74, 6) is -0.214. The molecule has 0 bridgehead atoms. The summed E-state index contributed by atoms with van der Waals surface area (Å²) in [6.07, 6.45) is 4.13. The summed E-state index contributed by atoms with van der Waals surface area (Å²) in [5.41, 5.74) is 1.77. The van der Waals surface area contributed by atoms with Gasteiger partial charge in [0.1, 0.15) is 0 Å². The lowest BCUT2D eigenvalue weighted by molar-refractivity contribution is -0.122. The molecule has 1 aromatic heterocycles. The zero-order valence-corrected chi connectivity index (χ0v) is 18.8. The molecule has 0 atom stereocenters. The largest absolute Gasteiger partial charge is 0.356 e. The first-order chi connectivity index (χ1) is 15.0. The normalized spacial score (nSPS) is 14.3. The van der Waals surface area contributed by atoms with E-state index in [1.165, 1.54) is 0 Å². The summed E-state index contributed by atoms with van der Waals surface area (Å²) >= 11 is 0.998. The number of nitrogens with one attached hydrogen (secondary N) is 2. The van der Waals surface area contributed by atoms with E-state index in [1.807, 2.05) is 31.2 Å². The van der Waals surface area contributed by atoms with E-state index in [2.05, 4.69) is 27.8 Å². The van der Waals surface area contributed by atoms with Crippen LogP contribution in [-0.4, -0.2) is 52.5 Å². The minimum Gasteiger partial charge on any atom is -0.356 e. The van der Waals surface area contributed by atoms with Gasteiger partial charge in [-0.25, -0.2) is 0 Å². The first-order valence-corrected chi connectivity index (χ1v) is 11.6. The Labute approximate surface area is 186 Å². The molecule has 0 aliphatic carbocycles. The molecule has 166 valence electrons. The minimum atomic E-state index is -0.381. The van der Waals surface area contributed by atoms with Crippen molar-refractivity contribution in [3.05, 3.63) is 39.8 Å². The highest BCUT2D eigenvalue weighted by Gasteiger charge is 2.27. The minimum absolute atomic E-state index is 0.0894. The molecule has 8 nitrogen and oxygen atoms in total. The lowest BCUT2D eigenvalue weighted by Crippen LogP contribution is -2.39.